The van der Waals surface area contributed by atoms with Crippen LogP contribution in [0, 0.1) is 0 Å². The zero-order chi connectivity index (χ0) is 10.8. The standard InChI is InChI=1S/C11H20N4/c1-9(2)14-6-4-11(8-14)15-10(7-12)3-5-13-15/h3,5,9,11H,4,6-8,12H2,1-2H3. The highest BCUT2D eigenvalue weighted by Gasteiger charge is 2.26. The topological polar surface area (TPSA) is 47.1 Å². The molecule has 1 unspecified atom stereocenters. The van der Waals surface area contributed by atoms with Crippen molar-refractivity contribution in [1.29, 1.82) is 0 Å². The van der Waals surface area contributed by atoms with Crippen molar-refractivity contribution in [2.45, 2.75) is 38.9 Å². The van der Waals surface area contributed by atoms with E-state index in [0.717, 1.165) is 12.2 Å². The molecule has 0 aliphatic carbocycles. The number of rotatable bonds is 3. The van der Waals surface area contributed by atoms with Crippen LogP contribution in [0.1, 0.15) is 32.0 Å². The number of hydrogen-bond donors (Lipinski definition) is 1. The molecule has 2 N–H and O–H groups in total. The summed E-state index contributed by atoms with van der Waals surface area (Å²) in [6.45, 7) is 7.35. The summed E-state index contributed by atoms with van der Waals surface area (Å²) < 4.78 is 2.10. The quantitative estimate of drug-likeness (QED) is 0.806. The first-order chi connectivity index (χ1) is 7.22. The lowest BCUT2D eigenvalue weighted by Crippen LogP contribution is -2.29. The van der Waals surface area contributed by atoms with Crippen molar-refractivity contribution >= 4 is 0 Å². The van der Waals surface area contributed by atoms with E-state index in [2.05, 4.69) is 28.5 Å². The summed E-state index contributed by atoms with van der Waals surface area (Å²) in [6.07, 6.45) is 3.03. The van der Waals surface area contributed by atoms with E-state index in [-0.39, 0.29) is 0 Å². The van der Waals surface area contributed by atoms with Gasteiger partial charge < -0.3 is 5.73 Å². The number of nitrogens with two attached hydrogens (primary N) is 1. The highest BCUT2D eigenvalue weighted by Crippen LogP contribution is 2.23. The van der Waals surface area contributed by atoms with Gasteiger partial charge in [-0.25, -0.2) is 0 Å². The average Bonchev–Trinajstić information content (AvgIpc) is 2.85. The predicted molar refractivity (Wildman–Crippen MR) is 60.5 cm³/mol. The van der Waals surface area contributed by atoms with Crippen molar-refractivity contribution in [3.05, 3.63) is 18.0 Å². The molecular formula is C11H20N4. The van der Waals surface area contributed by atoms with E-state index >= 15 is 0 Å². The van der Waals surface area contributed by atoms with Crippen LogP contribution in [0.3, 0.4) is 0 Å². The minimum atomic E-state index is 0.515. The van der Waals surface area contributed by atoms with Gasteiger partial charge in [-0.05, 0) is 26.3 Å². The van der Waals surface area contributed by atoms with Crippen molar-refractivity contribution in [2.24, 2.45) is 5.73 Å². The monoisotopic (exact) mass is 208 g/mol. The minimum absolute atomic E-state index is 0.515. The molecule has 2 heterocycles. The zero-order valence-electron chi connectivity index (χ0n) is 9.56. The maximum atomic E-state index is 5.68. The first-order valence-corrected chi connectivity index (χ1v) is 5.69. The Morgan fingerprint density at radius 2 is 2.40 bits per heavy atom. The Labute approximate surface area is 91.1 Å². The summed E-state index contributed by atoms with van der Waals surface area (Å²) >= 11 is 0. The number of aromatic nitrogens is 2. The highest BCUT2D eigenvalue weighted by molar-refractivity contribution is 5.02. The van der Waals surface area contributed by atoms with E-state index in [1.54, 1.807) is 0 Å². The van der Waals surface area contributed by atoms with Gasteiger partial charge in [0.25, 0.3) is 0 Å². The molecule has 84 valence electrons. The van der Waals surface area contributed by atoms with Crippen LogP contribution in [-0.2, 0) is 6.54 Å². The second-order valence-electron chi connectivity index (χ2n) is 4.50. The lowest BCUT2D eigenvalue weighted by molar-refractivity contribution is 0.261. The average molecular weight is 208 g/mol. The second kappa shape index (κ2) is 4.33. The Morgan fingerprint density at radius 3 is 3.00 bits per heavy atom. The summed E-state index contributed by atoms with van der Waals surface area (Å²) in [7, 11) is 0. The molecule has 1 aromatic heterocycles. The smallest absolute Gasteiger partial charge is 0.0662 e. The molecule has 0 radical (unpaired) electrons. The largest absolute Gasteiger partial charge is 0.325 e. The van der Waals surface area contributed by atoms with Gasteiger partial charge in [0.05, 0.1) is 11.7 Å². The van der Waals surface area contributed by atoms with E-state index in [9.17, 15) is 0 Å². The number of likely N-dealkylation sites (tertiary alicyclic amines) is 1. The van der Waals surface area contributed by atoms with E-state index in [0.29, 0.717) is 18.6 Å². The van der Waals surface area contributed by atoms with Gasteiger partial charge in [0.1, 0.15) is 0 Å². The Hall–Kier alpha value is -0.870. The highest BCUT2D eigenvalue weighted by atomic mass is 15.3. The normalized spacial score (nSPS) is 22.8. The Morgan fingerprint density at radius 1 is 1.60 bits per heavy atom. The summed E-state index contributed by atoms with van der Waals surface area (Å²) in [5.74, 6) is 0. The molecule has 0 saturated carbocycles. The molecule has 0 bridgehead atoms. The number of nitrogens with zero attached hydrogens (tertiary/aromatic N) is 3. The first-order valence-electron chi connectivity index (χ1n) is 5.69. The third-order valence-corrected chi connectivity index (χ3v) is 3.23. The summed E-state index contributed by atoms with van der Waals surface area (Å²) in [6, 6.07) is 3.16. The van der Waals surface area contributed by atoms with E-state index in [1.165, 1.54) is 13.0 Å². The van der Waals surface area contributed by atoms with Crippen LogP contribution < -0.4 is 5.73 Å². The Bertz CT molecular complexity index is 318. The van der Waals surface area contributed by atoms with Crippen LogP contribution in [0.2, 0.25) is 0 Å². The lowest BCUT2D eigenvalue weighted by atomic mass is 10.2. The number of hydrogen-bond acceptors (Lipinski definition) is 3. The van der Waals surface area contributed by atoms with Crippen molar-refractivity contribution < 1.29 is 0 Å². The molecule has 1 saturated heterocycles. The maximum absolute atomic E-state index is 5.68. The van der Waals surface area contributed by atoms with Crippen LogP contribution in [0.4, 0.5) is 0 Å². The fourth-order valence-corrected chi connectivity index (χ4v) is 2.27. The van der Waals surface area contributed by atoms with Crippen LogP contribution >= 0.6 is 0 Å². The third kappa shape index (κ3) is 2.06. The third-order valence-electron chi connectivity index (χ3n) is 3.23. The van der Waals surface area contributed by atoms with E-state index in [4.69, 9.17) is 5.73 Å². The van der Waals surface area contributed by atoms with Crippen LogP contribution in [0.5, 0.6) is 0 Å². The molecule has 1 aromatic rings. The SMILES string of the molecule is CC(C)N1CCC(n2nccc2CN)C1. The molecule has 1 fully saturated rings. The van der Waals surface area contributed by atoms with E-state index < -0.39 is 0 Å². The molecule has 0 aromatic carbocycles. The molecule has 15 heavy (non-hydrogen) atoms. The van der Waals surface area contributed by atoms with Gasteiger partial charge in [-0.2, -0.15) is 5.10 Å². The molecule has 1 aliphatic rings. The van der Waals surface area contributed by atoms with Crippen molar-refractivity contribution in [1.82, 2.24) is 14.7 Å². The molecule has 4 heteroatoms. The Kier molecular flexibility index (Phi) is 3.07. The van der Waals surface area contributed by atoms with E-state index in [1.807, 2.05) is 12.3 Å². The summed E-state index contributed by atoms with van der Waals surface area (Å²) in [5, 5.41) is 4.37. The summed E-state index contributed by atoms with van der Waals surface area (Å²) in [5.41, 5.74) is 6.83. The molecule has 0 amide bonds. The van der Waals surface area contributed by atoms with Gasteiger partial charge in [-0.1, -0.05) is 0 Å². The zero-order valence-corrected chi connectivity index (χ0v) is 9.56. The second-order valence-corrected chi connectivity index (χ2v) is 4.50. The van der Waals surface area contributed by atoms with Gasteiger partial charge in [0.15, 0.2) is 0 Å². The molecule has 4 nitrogen and oxygen atoms in total. The van der Waals surface area contributed by atoms with Gasteiger partial charge in [0.2, 0.25) is 0 Å². The van der Waals surface area contributed by atoms with Crippen molar-refractivity contribution in [2.75, 3.05) is 13.1 Å². The van der Waals surface area contributed by atoms with Crippen molar-refractivity contribution in [3.63, 3.8) is 0 Å². The molecular weight excluding hydrogens is 188 g/mol. The molecule has 2 rings (SSSR count). The predicted octanol–water partition coefficient (Wildman–Crippen LogP) is 0.997. The summed E-state index contributed by atoms with van der Waals surface area (Å²) in [4.78, 5) is 2.49. The Balaban J connectivity index is 2.07. The molecule has 1 atom stereocenters. The van der Waals surface area contributed by atoms with Crippen LogP contribution in [0.25, 0.3) is 0 Å². The fraction of sp³-hybridized carbons (Fsp3) is 0.727. The maximum Gasteiger partial charge on any atom is 0.0662 e. The first kappa shape index (κ1) is 10.6. The minimum Gasteiger partial charge on any atom is -0.325 e. The molecule has 0 spiro atoms. The van der Waals surface area contributed by atoms with Crippen LogP contribution in [-0.4, -0.2) is 33.8 Å². The van der Waals surface area contributed by atoms with Gasteiger partial charge in [0, 0.05) is 31.9 Å². The fourth-order valence-electron chi connectivity index (χ4n) is 2.27. The molecule has 1 aliphatic heterocycles. The van der Waals surface area contributed by atoms with Gasteiger partial charge >= 0.3 is 0 Å². The van der Waals surface area contributed by atoms with Crippen molar-refractivity contribution in [3.8, 4) is 0 Å². The van der Waals surface area contributed by atoms with Gasteiger partial charge in [-0.15, -0.1) is 0 Å². The van der Waals surface area contributed by atoms with Gasteiger partial charge in [-0.3, -0.25) is 9.58 Å². The van der Waals surface area contributed by atoms with Crippen LogP contribution in [0.15, 0.2) is 12.3 Å². The lowest BCUT2D eigenvalue weighted by Gasteiger charge is -2.20.